The number of hydrogen-bond acceptors (Lipinski definition) is 7. The fraction of sp³-hybridized carbons (Fsp3) is 0.182. The Labute approximate surface area is 190 Å². The summed E-state index contributed by atoms with van der Waals surface area (Å²) < 4.78 is 51.5. The Hall–Kier alpha value is -4.35. The molecule has 0 aliphatic carbocycles. The summed E-state index contributed by atoms with van der Waals surface area (Å²) in [6.07, 6.45) is -4.36. The maximum atomic E-state index is 12.2. The Morgan fingerprint density at radius 1 is 0.735 bits per heavy atom. The Morgan fingerprint density at radius 2 is 1.29 bits per heavy atom. The van der Waals surface area contributed by atoms with Gasteiger partial charge in [-0.15, -0.1) is 13.2 Å². The van der Waals surface area contributed by atoms with Gasteiger partial charge in [0.05, 0.1) is 29.1 Å². The monoisotopic (exact) mass is 478 g/mol. The van der Waals surface area contributed by atoms with Gasteiger partial charge < -0.3 is 14.2 Å². The summed E-state index contributed by atoms with van der Waals surface area (Å²) in [6.45, 7) is 0.326. The topological polar surface area (TPSA) is 114 Å². The molecule has 0 fully saturated rings. The number of rotatable bonds is 10. The van der Waals surface area contributed by atoms with E-state index in [9.17, 15) is 33.4 Å². The second-order valence-electron chi connectivity index (χ2n) is 6.81. The number of alkyl halides is 3. The van der Waals surface area contributed by atoms with E-state index < -0.39 is 27.6 Å². The first kappa shape index (κ1) is 24.3. The second kappa shape index (κ2) is 10.5. The van der Waals surface area contributed by atoms with E-state index in [1.165, 1.54) is 30.3 Å². The van der Waals surface area contributed by atoms with Crippen molar-refractivity contribution in [2.24, 2.45) is 0 Å². The Morgan fingerprint density at radius 3 is 1.82 bits per heavy atom. The van der Waals surface area contributed by atoms with E-state index in [2.05, 4.69) is 4.74 Å². The third-order valence-electron chi connectivity index (χ3n) is 4.44. The van der Waals surface area contributed by atoms with Gasteiger partial charge in [0.1, 0.15) is 11.5 Å². The molecule has 0 heterocycles. The van der Waals surface area contributed by atoms with Gasteiger partial charge in [0.2, 0.25) is 0 Å². The lowest BCUT2D eigenvalue weighted by Crippen LogP contribution is -2.16. The van der Waals surface area contributed by atoms with Gasteiger partial charge in [0.25, 0.3) is 5.69 Å². The number of nitro groups is 2. The molecule has 0 spiro atoms. The molecular weight excluding hydrogens is 461 g/mol. The van der Waals surface area contributed by atoms with Gasteiger partial charge in [-0.25, -0.2) is 0 Å². The highest BCUT2D eigenvalue weighted by molar-refractivity contribution is 5.64. The highest BCUT2D eigenvalue weighted by Gasteiger charge is 2.31. The lowest BCUT2D eigenvalue weighted by atomic mass is 10.1. The third-order valence-corrected chi connectivity index (χ3v) is 4.44. The second-order valence-corrected chi connectivity index (χ2v) is 6.81. The van der Waals surface area contributed by atoms with Crippen molar-refractivity contribution < 1.29 is 37.2 Å². The van der Waals surface area contributed by atoms with Crippen molar-refractivity contribution >= 4 is 11.4 Å². The predicted molar refractivity (Wildman–Crippen MR) is 114 cm³/mol. The van der Waals surface area contributed by atoms with Crippen molar-refractivity contribution in [3.63, 3.8) is 0 Å². The number of nitrogens with zero attached hydrogens (tertiary/aromatic N) is 2. The van der Waals surface area contributed by atoms with Gasteiger partial charge >= 0.3 is 12.0 Å². The number of benzene rings is 3. The highest BCUT2D eigenvalue weighted by Crippen LogP contribution is 2.31. The quantitative estimate of drug-likeness (QED) is 0.202. The smallest absolute Gasteiger partial charge is 0.493 e. The Balaban J connectivity index is 1.48. The van der Waals surface area contributed by atoms with Crippen LogP contribution in [0.5, 0.6) is 17.2 Å². The van der Waals surface area contributed by atoms with E-state index in [-0.39, 0.29) is 24.7 Å². The van der Waals surface area contributed by atoms with Crippen LogP contribution in [0.2, 0.25) is 0 Å². The minimum absolute atomic E-state index is 0.0772. The third kappa shape index (κ3) is 6.82. The first-order chi connectivity index (χ1) is 16.1. The van der Waals surface area contributed by atoms with Gasteiger partial charge in [-0.2, -0.15) is 0 Å². The molecule has 3 aromatic carbocycles. The van der Waals surface area contributed by atoms with Gasteiger partial charge in [-0.05, 0) is 41.5 Å². The molecule has 0 aliphatic rings. The van der Waals surface area contributed by atoms with E-state index in [0.29, 0.717) is 17.7 Å². The van der Waals surface area contributed by atoms with Crippen LogP contribution in [0.25, 0.3) is 11.1 Å². The molecule has 34 heavy (non-hydrogen) atoms. The molecule has 3 aromatic rings. The van der Waals surface area contributed by atoms with Crippen LogP contribution >= 0.6 is 0 Å². The summed E-state index contributed by atoms with van der Waals surface area (Å²) >= 11 is 0. The van der Waals surface area contributed by atoms with E-state index in [0.717, 1.165) is 17.7 Å². The van der Waals surface area contributed by atoms with E-state index >= 15 is 0 Å². The molecule has 0 aromatic heterocycles. The summed E-state index contributed by atoms with van der Waals surface area (Å²) in [6, 6.07) is 15.5. The zero-order chi connectivity index (χ0) is 24.7. The van der Waals surface area contributed by atoms with Crippen molar-refractivity contribution in [1.82, 2.24) is 0 Å². The maximum absolute atomic E-state index is 12.2. The minimum atomic E-state index is -4.75. The summed E-state index contributed by atoms with van der Waals surface area (Å²) in [5.74, 6) is 0.158. The van der Waals surface area contributed by atoms with Crippen LogP contribution < -0.4 is 14.2 Å². The highest BCUT2D eigenvalue weighted by atomic mass is 19.4. The van der Waals surface area contributed by atoms with E-state index in [1.807, 2.05) is 0 Å². The number of non-ortho nitro benzene ring substituents is 1. The lowest BCUT2D eigenvalue weighted by Gasteiger charge is -2.10. The van der Waals surface area contributed by atoms with Gasteiger partial charge in [-0.3, -0.25) is 20.2 Å². The van der Waals surface area contributed by atoms with Crippen molar-refractivity contribution in [2.45, 2.75) is 12.8 Å². The van der Waals surface area contributed by atoms with Crippen molar-refractivity contribution in [1.29, 1.82) is 0 Å². The molecule has 12 heteroatoms. The van der Waals surface area contributed by atoms with Crippen molar-refractivity contribution in [3.8, 4) is 28.4 Å². The normalized spacial score (nSPS) is 11.0. The molecule has 0 N–H and O–H groups in total. The Bertz CT molecular complexity index is 1150. The number of hydrogen-bond donors (Lipinski definition) is 0. The molecule has 0 bridgehead atoms. The van der Waals surface area contributed by atoms with Crippen LogP contribution in [0.4, 0.5) is 24.5 Å². The minimum Gasteiger partial charge on any atom is -0.493 e. The van der Waals surface area contributed by atoms with Gasteiger partial charge in [0, 0.05) is 12.5 Å². The summed E-state index contributed by atoms with van der Waals surface area (Å²) in [5, 5.41) is 21.9. The summed E-state index contributed by atoms with van der Waals surface area (Å²) in [4.78, 5) is 20.4. The van der Waals surface area contributed by atoms with Crippen molar-refractivity contribution in [3.05, 3.63) is 87.0 Å². The van der Waals surface area contributed by atoms with E-state index in [4.69, 9.17) is 9.47 Å². The van der Waals surface area contributed by atoms with E-state index in [1.54, 1.807) is 24.3 Å². The first-order valence-electron chi connectivity index (χ1n) is 9.77. The van der Waals surface area contributed by atoms with Crippen LogP contribution in [-0.4, -0.2) is 29.4 Å². The SMILES string of the molecule is O=[N+]([O-])c1ccc(OCCCOc2ccc(-c3ccc(OC(F)(F)F)cc3)cc2)c([N+](=O)[O-])c1. The molecule has 0 atom stereocenters. The zero-order valence-corrected chi connectivity index (χ0v) is 17.4. The summed E-state index contributed by atoms with van der Waals surface area (Å²) in [7, 11) is 0. The number of nitro benzene ring substituents is 2. The average molecular weight is 478 g/mol. The molecule has 178 valence electrons. The standard InChI is InChI=1S/C22H17F3N2O7/c23-22(24,25)34-19-9-4-16(5-10-19)15-2-7-18(8-3-15)32-12-1-13-33-21-11-6-17(26(28)29)14-20(21)27(30)31/h2-11,14H,1,12-13H2. The average Bonchev–Trinajstić information content (AvgIpc) is 2.78. The molecule has 0 amide bonds. The summed E-state index contributed by atoms with van der Waals surface area (Å²) in [5.41, 5.74) is 0.555. The number of ether oxygens (including phenoxy) is 3. The molecule has 0 aliphatic heterocycles. The molecule has 0 saturated heterocycles. The molecule has 0 saturated carbocycles. The molecule has 0 unspecified atom stereocenters. The Kier molecular flexibility index (Phi) is 7.51. The largest absolute Gasteiger partial charge is 0.573 e. The van der Waals surface area contributed by atoms with Crippen molar-refractivity contribution in [2.75, 3.05) is 13.2 Å². The zero-order valence-electron chi connectivity index (χ0n) is 17.4. The molecule has 0 radical (unpaired) electrons. The molecular formula is C22H17F3N2O7. The van der Waals surface area contributed by atoms with Crippen LogP contribution in [0, 0.1) is 20.2 Å². The first-order valence-corrected chi connectivity index (χ1v) is 9.77. The van der Waals surface area contributed by atoms with Gasteiger partial charge in [0.15, 0.2) is 5.75 Å². The van der Waals surface area contributed by atoms with Crippen LogP contribution in [0.15, 0.2) is 66.7 Å². The number of halogens is 3. The lowest BCUT2D eigenvalue weighted by molar-refractivity contribution is -0.394. The van der Waals surface area contributed by atoms with Crippen LogP contribution in [-0.2, 0) is 0 Å². The fourth-order valence-corrected chi connectivity index (χ4v) is 2.91. The predicted octanol–water partition coefficient (Wildman–Crippen LogP) is 5.92. The van der Waals surface area contributed by atoms with Gasteiger partial charge in [-0.1, -0.05) is 24.3 Å². The molecule has 3 rings (SSSR count). The fourth-order valence-electron chi connectivity index (χ4n) is 2.91. The van der Waals surface area contributed by atoms with Crippen LogP contribution in [0.1, 0.15) is 6.42 Å². The maximum Gasteiger partial charge on any atom is 0.573 e. The molecule has 9 nitrogen and oxygen atoms in total. The van der Waals surface area contributed by atoms with Crippen LogP contribution in [0.3, 0.4) is 0 Å².